The van der Waals surface area contributed by atoms with Gasteiger partial charge in [-0.25, -0.2) is 12.8 Å². The van der Waals surface area contributed by atoms with Gasteiger partial charge in [0, 0.05) is 6.04 Å². The number of sulfone groups is 1. The van der Waals surface area contributed by atoms with Gasteiger partial charge >= 0.3 is 5.97 Å². The van der Waals surface area contributed by atoms with E-state index in [0.29, 0.717) is 13.0 Å². The van der Waals surface area contributed by atoms with Crippen molar-refractivity contribution in [2.75, 3.05) is 39.0 Å². The molecular formula is C18H28ClFN2O4S. The fourth-order valence-electron chi connectivity index (χ4n) is 3.38. The molecule has 1 aliphatic heterocycles. The fraction of sp³-hybridized carbons (Fsp3) is 0.611. The minimum atomic E-state index is -3.39. The van der Waals surface area contributed by atoms with Gasteiger partial charge in [-0.1, -0.05) is 0 Å². The Bertz CT molecular complexity index is 700. The van der Waals surface area contributed by atoms with Crippen molar-refractivity contribution in [3.63, 3.8) is 0 Å². The van der Waals surface area contributed by atoms with E-state index < -0.39 is 21.6 Å². The number of carbonyl (C=O) groups is 1. The van der Waals surface area contributed by atoms with Crippen molar-refractivity contribution >= 4 is 28.2 Å². The monoisotopic (exact) mass is 422 g/mol. The largest absolute Gasteiger partial charge is 0.480 e. The van der Waals surface area contributed by atoms with Gasteiger partial charge < -0.3 is 10.0 Å². The molecule has 1 unspecified atom stereocenters. The fourth-order valence-corrected chi connectivity index (χ4v) is 4.68. The highest BCUT2D eigenvalue weighted by molar-refractivity contribution is 7.91. The number of benzene rings is 1. The zero-order chi connectivity index (χ0) is 19.2. The molecule has 9 heteroatoms. The first-order valence-corrected chi connectivity index (χ1v) is 10.6. The van der Waals surface area contributed by atoms with Gasteiger partial charge in [-0.05, 0) is 76.6 Å². The summed E-state index contributed by atoms with van der Waals surface area (Å²) in [5.74, 6) is -1.23. The Kier molecular flexibility index (Phi) is 9.66. The minimum Gasteiger partial charge on any atom is -0.480 e. The van der Waals surface area contributed by atoms with Crippen LogP contribution >= 0.6 is 12.4 Å². The predicted molar refractivity (Wildman–Crippen MR) is 105 cm³/mol. The summed E-state index contributed by atoms with van der Waals surface area (Å²) in [6.07, 6.45) is 3.33. The van der Waals surface area contributed by atoms with E-state index in [2.05, 4.69) is 4.90 Å². The van der Waals surface area contributed by atoms with E-state index in [9.17, 15) is 17.6 Å². The molecule has 0 amide bonds. The first-order valence-electron chi connectivity index (χ1n) is 8.90. The maximum absolute atomic E-state index is 12.9. The second kappa shape index (κ2) is 10.9. The normalized spacial score (nSPS) is 18.7. The Morgan fingerprint density at radius 1 is 1.26 bits per heavy atom. The highest BCUT2D eigenvalue weighted by Gasteiger charge is 2.22. The number of carboxylic acid groups (broad SMARTS) is 1. The van der Waals surface area contributed by atoms with Crippen LogP contribution in [0.25, 0.3) is 0 Å². The van der Waals surface area contributed by atoms with Gasteiger partial charge in [0.25, 0.3) is 0 Å². The third-order valence-corrected chi connectivity index (χ3v) is 6.67. The number of hydrogen-bond acceptors (Lipinski definition) is 5. The quantitative estimate of drug-likeness (QED) is 0.647. The molecule has 1 N–H and O–H groups in total. The molecule has 1 aromatic carbocycles. The standard InChI is InChI=1S/C18H27FN2O4S.ClH/c1-20(14-18(22)23)16-4-2-10-21(12-9-16)11-3-13-26(24,25)17-7-5-15(19)6-8-17;/h5-8,16H,2-4,9-14H2,1H3,(H,22,23);1H. The molecule has 0 spiro atoms. The molecule has 27 heavy (non-hydrogen) atoms. The molecule has 0 radical (unpaired) electrons. The number of rotatable bonds is 8. The number of aliphatic carboxylic acids is 1. The highest BCUT2D eigenvalue weighted by Crippen LogP contribution is 2.17. The number of halogens is 2. The van der Waals surface area contributed by atoms with E-state index in [1.165, 1.54) is 12.1 Å². The molecule has 1 heterocycles. The molecule has 0 aliphatic carbocycles. The number of hydrogen-bond donors (Lipinski definition) is 1. The molecule has 154 valence electrons. The lowest BCUT2D eigenvalue weighted by Crippen LogP contribution is -2.36. The van der Waals surface area contributed by atoms with Crippen molar-refractivity contribution < 1.29 is 22.7 Å². The van der Waals surface area contributed by atoms with Crippen LogP contribution in [-0.4, -0.2) is 74.3 Å². The Morgan fingerprint density at radius 2 is 1.93 bits per heavy atom. The maximum Gasteiger partial charge on any atom is 0.317 e. The Morgan fingerprint density at radius 3 is 2.56 bits per heavy atom. The number of nitrogens with zero attached hydrogens (tertiary/aromatic N) is 2. The lowest BCUT2D eigenvalue weighted by atomic mass is 10.1. The average molecular weight is 423 g/mol. The van der Waals surface area contributed by atoms with Crippen LogP contribution in [0.4, 0.5) is 4.39 Å². The summed E-state index contributed by atoms with van der Waals surface area (Å²) in [5.41, 5.74) is 0. The zero-order valence-corrected chi connectivity index (χ0v) is 17.1. The number of likely N-dealkylation sites (N-methyl/N-ethyl adjacent to an activating group) is 1. The van der Waals surface area contributed by atoms with Gasteiger partial charge in [-0.2, -0.15) is 0 Å². The van der Waals surface area contributed by atoms with Gasteiger partial charge in [-0.3, -0.25) is 9.69 Å². The van der Waals surface area contributed by atoms with Gasteiger partial charge in [0.2, 0.25) is 0 Å². The molecule has 0 aromatic heterocycles. The second-order valence-corrected chi connectivity index (χ2v) is 8.97. The Labute approximate surface area is 166 Å². The van der Waals surface area contributed by atoms with Crippen LogP contribution in [-0.2, 0) is 14.6 Å². The summed E-state index contributed by atoms with van der Waals surface area (Å²) in [4.78, 5) is 15.1. The summed E-state index contributed by atoms with van der Waals surface area (Å²) in [6, 6.07) is 5.18. The van der Waals surface area contributed by atoms with E-state index in [4.69, 9.17) is 5.11 Å². The van der Waals surface area contributed by atoms with Crippen molar-refractivity contribution in [1.29, 1.82) is 0 Å². The van der Waals surface area contributed by atoms with Gasteiger partial charge in [0.15, 0.2) is 9.84 Å². The first-order chi connectivity index (χ1) is 12.3. The van der Waals surface area contributed by atoms with Crippen LogP contribution in [0.3, 0.4) is 0 Å². The van der Waals surface area contributed by atoms with Gasteiger partial charge in [-0.15, -0.1) is 12.4 Å². The molecule has 1 atom stereocenters. The van der Waals surface area contributed by atoms with Crippen LogP contribution in [0, 0.1) is 5.82 Å². The molecule has 1 fully saturated rings. The van der Waals surface area contributed by atoms with Crippen LogP contribution in [0.1, 0.15) is 25.7 Å². The van der Waals surface area contributed by atoms with Gasteiger partial charge in [0.05, 0.1) is 17.2 Å². The number of carboxylic acids is 1. The minimum absolute atomic E-state index is 0. The molecule has 0 saturated carbocycles. The predicted octanol–water partition coefficient (Wildman–Crippen LogP) is 2.28. The van der Waals surface area contributed by atoms with E-state index in [0.717, 1.165) is 44.5 Å². The lowest BCUT2D eigenvalue weighted by molar-refractivity contribution is -0.138. The van der Waals surface area contributed by atoms with E-state index >= 15 is 0 Å². The van der Waals surface area contributed by atoms with Crippen molar-refractivity contribution in [1.82, 2.24) is 9.80 Å². The smallest absolute Gasteiger partial charge is 0.317 e. The van der Waals surface area contributed by atoms with Crippen LogP contribution in [0.5, 0.6) is 0 Å². The van der Waals surface area contributed by atoms with E-state index in [1.54, 1.807) is 0 Å². The summed E-state index contributed by atoms with van der Waals surface area (Å²) >= 11 is 0. The second-order valence-electron chi connectivity index (χ2n) is 6.86. The summed E-state index contributed by atoms with van der Waals surface area (Å²) < 4.78 is 37.5. The van der Waals surface area contributed by atoms with Crippen molar-refractivity contribution in [3.05, 3.63) is 30.1 Å². The highest BCUT2D eigenvalue weighted by atomic mass is 35.5. The SMILES string of the molecule is CN(CC(=O)O)C1CCCN(CCCS(=O)(=O)c2ccc(F)cc2)CC1.Cl. The Hall–Kier alpha value is -1.22. The summed E-state index contributed by atoms with van der Waals surface area (Å²) in [5, 5.41) is 8.91. The van der Waals surface area contributed by atoms with Crippen molar-refractivity contribution in [2.24, 2.45) is 0 Å². The van der Waals surface area contributed by atoms with Crippen LogP contribution in [0.2, 0.25) is 0 Å². The average Bonchev–Trinajstić information content (AvgIpc) is 2.80. The third-order valence-electron chi connectivity index (χ3n) is 4.86. The van der Waals surface area contributed by atoms with E-state index in [-0.39, 0.29) is 35.6 Å². The topological polar surface area (TPSA) is 77.9 Å². The molecule has 1 saturated heterocycles. The van der Waals surface area contributed by atoms with Crippen LogP contribution in [0.15, 0.2) is 29.2 Å². The zero-order valence-electron chi connectivity index (χ0n) is 15.5. The molecule has 1 aromatic rings. The van der Waals surface area contributed by atoms with Crippen LogP contribution < -0.4 is 0 Å². The summed E-state index contributed by atoms with van der Waals surface area (Å²) in [6.45, 7) is 2.47. The van der Waals surface area contributed by atoms with Crippen molar-refractivity contribution in [3.8, 4) is 0 Å². The van der Waals surface area contributed by atoms with Crippen molar-refractivity contribution in [2.45, 2.75) is 36.6 Å². The Balaban J connectivity index is 0.00000364. The first kappa shape index (κ1) is 23.8. The third kappa shape index (κ3) is 7.73. The summed E-state index contributed by atoms with van der Waals surface area (Å²) in [7, 11) is -1.55. The number of likely N-dealkylation sites (tertiary alicyclic amines) is 1. The molecule has 0 bridgehead atoms. The molecule has 6 nitrogen and oxygen atoms in total. The molecule has 1 aliphatic rings. The van der Waals surface area contributed by atoms with E-state index in [1.807, 2.05) is 11.9 Å². The molecule has 2 rings (SSSR count). The maximum atomic E-state index is 12.9. The van der Waals surface area contributed by atoms with Gasteiger partial charge in [0.1, 0.15) is 5.82 Å². The molecular weight excluding hydrogens is 395 g/mol. The lowest BCUT2D eigenvalue weighted by Gasteiger charge is -2.25.